The minimum absolute atomic E-state index is 0.177. The van der Waals surface area contributed by atoms with Crippen molar-refractivity contribution in [1.29, 1.82) is 0 Å². The summed E-state index contributed by atoms with van der Waals surface area (Å²) in [5, 5.41) is 7.82. The van der Waals surface area contributed by atoms with E-state index in [2.05, 4.69) is 44.3 Å². The fraction of sp³-hybridized carbons (Fsp3) is 0.429. The molecule has 0 aliphatic rings. The highest BCUT2D eigenvalue weighted by atomic mass is 79.9. The van der Waals surface area contributed by atoms with E-state index in [1.54, 1.807) is 0 Å². The van der Waals surface area contributed by atoms with E-state index >= 15 is 0 Å². The molecular weight excluding hydrogens is 304 g/mol. The Hall–Kier alpha value is -1.20. The third-order valence-corrected chi connectivity index (χ3v) is 3.94. The second-order valence-corrected chi connectivity index (χ2v) is 5.37. The standard InChI is InChI=1S/C14H19BrN4/c1-4-10-8-11(19(3)18-10)9-13(16-2)14-12(15)6-5-7-17-14/h5-8,13,16H,4,9H2,1-3H3. The van der Waals surface area contributed by atoms with Crippen molar-refractivity contribution in [2.24, 2.45) is 7.05 Å². The maximum atomic E-state index is 4.49. The van der Waals surface area contributed by atoms with Crippen LogP contribution in [0.2, 0.25) is 0 Å². The Labute approximate surface area is 122 Å². The van der Waals surface area contributed by atoms with Gasteiger partial charge >= 0.3 is 0 Å². The van der Waals surface area contributed by atoms with Crippen LogP contribution >= 0.6 is 15.9 Å². The SMILES string of the molecule is CCc1cc(CC(NC)c2ncccc2Br)n(C)n1. The highest BCUT2D eigenvalue weighted by Gasteiger charge is 2.16. The Bertz CT molecular complexity index is 550. The Kier molecular flexibility index (Phi) is 4.71. The van der Waals surface area contributed by atoms with Gasteiger partial charge < -0.3 is 5.32 Å². The lowest BCUT2D eigenvalue weighted by atomic mass is 10.1. The van der Waals surface area contributed by atoms with Crippen molar-refractivity contribution in [3.63, 3.8) is 0 Å². The number of pyridine rings is 1. The summed E-state index contributed by atoms with van der Waals surface area (Å²) >= 11 is 3.56. The van der Waals surface area contributed by atoms with Gasteiger partial charge in [-0.2, -0.15) is 5.10 Å². The van der Waals surface area contributed by atoms with Crippen LogP contribution in [-0.2, 0) is 19.9 Å². The molecule has 0 aromatic carbocycles. The van der Waals surface area contributed by atoms with Gasteiger partial charge in [0.2, 0.25) is 0 Å². The number of likely N-dealkylation sites (N-methyl/N-ethyl adjacent to an activating group) is 1. The molecular formula is C14H19BrN4. The molecule has 0 saturated heterocycles. The smallest absolute Gasteiger partial charge is 0.0718 e. The van der Waals surface area contributed by atoms with E-state index in [4.69, 9.17) is 0 Å². The number of aromatic nitrogens is 3. The fourth-order valence-electron chi connectivity index (χ4n) is 2.13. The Morgan fingerprint density at radius 3 is 2.84 bits per heavy atom. The Balaban J connectivity index is 2.24. The first-order chi connectivity index (χ1) is 9.15. The second kappa shape index (κ2) is 6.30. The zero-order valence-corrected chi connectivity index (χ0v) is 13.1. The molecule has 19 heavy (non-hydrogen) atoms. The van der Waals surface area contributed by atoms with Crippen LogP contribution in [0.4, 0.5) is 0 Å². The summed E-state index contributed by atoms with van der Waals surface area (Å²) < 4.78 is 2.99. The van der Waals surface area contributed by atoms with Crippen molar-refractivity contribution in [2.75, 3.05) is 7.05 Å². The molecule has 0 saturated carbocycles. The third kappa shape index (κ3) is 3.22. The molecule has 4 nitrogen and oxygen atoms in total. The minimum atomic E-state index is 0.177. The number of hydrogen-bond donors (Lipinski definition) is 1. The average molecular weight is 323 g/mol. The van der Waals surface area contributed by atoms with Crippen LogP contribution in [0, 0.1) is 0 Å². The summed E-state index contributed by atoms with van der Waals surface area (Å²) in [6.45, 7) is 2.12. The molecule has 2 aromatic rings. The highest BCUT2D eigenvalue weighted by molar-refractivity contribution is 9.10. The van der Waals surface area contributed by atoms with E-state index in [1.165, 1.54) is 5.69 Å². The van der Waals surface area contributed by atoms with Gasteiger partial charge in [0.1, 0.15) is 0 Å². The molecule has 0 radical (unpaired) electrons. The highest BCUT2D eigenvalue weighted by Crippen LogP contribution is 2.23. The van der Waals surface area contributed by atoms with Crippen LogP contribution in [0.15, 0.2) is 28.9 Å². The molecule has 0 amide bonds. The molecule has 102 valence electrons. The summed E-state index contributed by atoms with van der Waals surface area (Å²) in [7, 11) is 3.96. The van der Waals surface area contributed by atoms with Gasteiger partial charge in [0, 0.05) is 29.8 Å². The largest absolute Gasteiger partial charge is 0.311 e. The van der Waals surface area contributed by atoms with Crippen molar-refractivity contribution < 1.29 is 0 Å². The normalized spacial score (nSPS) is 12.6. The van der Waals surface area contributed by atoms with Gasteiger partial charge in [-0.3, -0.25) is 9.67 Å². The number of rotatable bonds is 5. The van der Waals surface area contributed by atoms with Crippen LogP contribution < -0.4 is 5.32 Å². The molecule has 1 atom stereocenters. The van der Waals surface area contributed by atoms with E-state index < -0.39 is 0 Å². The predicted molar refractivity (Wildman–Crippen MR) is 80.0 cm³/mol. The lowest BCUT2D eigenvalue weighted by Crippen LogP contribution is -2.21. The molecule has 1 unspecified atom stereocenters. The van der Waals surface area contributed by atoms with E-state index in [0.29, 0.717) is 0 Å². The van der Waals surface area contributed by atoms with Crippen molar-refractivity contribution in [3.8, 4) is 0 Å². The number of aryl methyl sites for hydroxylation is 2. The van der Waals surface area contributed by atoms with Crippen LogP contribution in [-0.4, -0.2) is 21.8 Å². The molecule has 2 heterocycles. The summed E-state index contributed by atoms with van der Waals surface area (Å²) in [6, 6.07) is 6.30. The quantitative estimate of drug-likeness (QED) is 0.920. The summed E-state index contributed by atoms with van der Waals surface area (Å²) in [4.78, 5) is 4.46. The van der Waals surface area contributed by atoms with Crippen LogP contribution in [0.1, 0.15) is 30.0 Å². The van der Waals surface area contributed by atoms with Crippen molar-refractivity contribution in [1.82, 2.24) is 20.1 Å². The maximum Gasteiger partial charge on any atom is 0.0718 e. The van der Waals surface area contributed by atoms with Gasteiger partial charge in [-0.1, -0.05) is 6.92 Å². The molecule has 0 spiro atoms. The molecule has 0 bridgehead atoms. The predicted octanol–water partition coefficient (Wildman–Crippen LogP) is 2.64. The van der Waals surface area contributed by atoms with Crippen molar-refractivity contribution in [2.45, 2.75) is 25.8 Å². The molecule has 0 fully saturated rings. The lowest BCUT2D eigenvalue weighted by Gasteiger charge is -2.16. The van der Waals surface area contributed by atoms with E-state index in [-0.39, 0.29) is 6.04 Å². The van der Waals surface area contributed by atoms with Crippen molar-refractivity contribution in [3.05, 3.63) is 46.0 Å². The molecule has 2 aromatic heterocycles. The number of nitrogens with one attached hydrogen (secondary N) is 1. The second-order valence-electron chi connectivity index (χ2n) is 4.52. The molecule has 5 heteroatoms. The first-order valence-electron chi connectivity index (χ1n) is 6.45. The Morgan fingerprint density at radius 1 is 1.47 bits per heavy atom. The van der Waals surface area contributed by atoms with Gasteiger partial charge in [-0.15, -0.1) is 0 Å². The third-order valence-electron chi connectivity index (χ3n) is 3.27. The first kappa shape index (κ1) is 14.2. The number of halogens is 1. The first-order valence-corrected chi connectivity index (χ1v) is 7.24. The van der Waals surface area contributed by atoms with Crippen LogP contribution in [0.5, 0.6) is 0 Å². The minimum Gasteiger partial charge on any atom is -0.311 e. The van der Waals surface area contributed by atoms with Gasteiger partial charge in [-0.25, -0.2) is 0 Å². The zero-order chi connectivity index (χ0) is 13.8. The fourth-order valence-corrected chi connectivity index (χ4v) is 2.67. The molecule has 2 rings (SSSR count). The van der Waals surface area contributed by atoms with Gasteiger partial charge in [0.25, 0.3) is 0 Å². The van der Waals surface area contributed by atoms with Gasteiger partial charge in [0.05, 0.1) is 17.4 Å². The maximum absolute atomic E-state index is 4.49. The summed E-state index contributed by atoms with van der Waals surface area (Å²) in [5.41, 5.74) is 3.38. The topological polar surface area (TPSA) is 42.7 Å². The monoisotopic (exact) mass is 322 g/mol. The van der Waals surface area contributed by atoms with Crippen LogP contribution in [0.25, 0.3) is 0 Å². The zero-order valence-electron chi connectivity index (χ0n) is 11.5. The summed E-state index contributed by atoms with van der Waals surface area (Å²) in [5.74, 6) is 0. The molecule has 1 N–H and O–H groups in total. The van der Waals surface area contributed by atoms with Crippen molar-refractivity contribution >= 4 is 15.9 Å². The molecule has 0 aliphatic carbocycles. The molecule has 0 aliphatic heterocycles. The average Bonchev–Trinajstić information content (AvgIpc) is 2.77. The number of nitrogens with zero attached hydrogens (tertiary/aromatic N) is 3. The Morgan fingerprint density at radius 2 is 2.26 bits per heavy atom. The van der Waals surface area contributed by atoms with Gasteiger partial charge in [0.15, 0.2) is 0 Å². The lowest BCUT2D eigenvalue weighted by molar-refractivity contribution is 0.546. The van der Waals surface area contributed by atoms with E-state index in [9.17, 15) is 0 Å². The van der Waals surface area contributed by atoms with E-state index in [0.717, 1.165) is 28.7 Å². The van der Waals surface area contributed by atoms with Crippen LogP contribution in [0.3, 0.4) is 0 Å². The summed E-state index contributed by atoms with van der Waals surface area (Å²) in [6.07, 6.45) is 3.66. The number of hydrogen-bond acceptors (Lipinski definition) is 3. The van der Waals surface area contributed by atoms with Gasteiger partial charge in [-0.05, 0) is 47.6 Å². The van der Waals surface area contributed by atoms with E-state index in [1.807, 2.05) is 37.1 Å².